The van der Waals surface area contributed by atoms with Crippen LogP contribution in [0.5, 0.6) is 0 Å². The highest BCUT2D eigenvalue weighted by Gasteiger charge is 2.19. The molecular weight excluding hydrogens is 454 g/mol. The van der Waals surface area contributed by atoms with Crippen LogP contribution in [0.15, 0.2) is 70.3 Å². The van der Waals surface area contributed by atoms with Gasteiger partial charge in [0.1, 0.15) is 16.3 Å². The zero-order valence-corrected chi connectivity index (χ0v) is 19.8. The van der Waals surface area contributed by atoms with Gasteiger partial charge in [0, 0.05) is 26.7 Å². The number of rotatable bonds is 6. The molecule has 2 aromatic heterocycles. The van der Waals surface area contributed by atoms with Crippen LogP contribution in [0.4, 0.5) is 5.69 Å². The van der Waals surface area contributed by atoms with Crippen LogP contribution in [0, 0.1) is 0 Å². The summed E-state index contributed by atoms with van der Waals surface area (Å²) in [5, 5.41) is 0.284. The third kappa shape index (κ3) is 4.55. The SMILES string of the molecule is CC(=O)N(C)c1ccc(Cn2c(=O)c3cc(C(=O)OCc4ccccc4)sc3n(C)c2=O)cc1. The number of aryl methyl sites for hydroxylation is 1. The Labute approximate surface area is 199 Å². The van der Waals surface area contributed by atoms with Crippen molar-refractivity contribution in [2.75, 3.05) is 11.9 Å². The fourth-order valence-electron chi connectivity index (χ4n) is 3.51. The number of nitrogens with zero attached hydrogens (tertiary/aromatic N) is 3. The maximum atomic E-state index is 13.1. The minimum Gasteiger partial charge on any atom is -0.457 e. The first-order valence-electron chi connectivity index (χ1n) is 10.5. The van der Waals surface area contributed by atoms with Gasteiger partial charge in [-0.3, -0.25) is 18.7 Å². The quantitative estimate of drug-likeness (QED) is 0.398. The second-order valence-electron chi connectivity index (χ2n) is 7.87. The number of carbonyl (C=O) groups is 2. The summed E-state index contributed by atoms with van der Waals surface area (Å²) >= 11 is 1.06. The van der Waals surface area contributed by atoms with Crippen LogP contribution in [0.1, 0.15) is 27.7 Å². The number of benzene rings is 2. The average Bonchev–Trinajstić information content (AvgIpc) is 3.30. The predicted octanol–water partition coefficient (Wildman–Crippen LogP) is 3.15. The van der Waals surface area contributed by atoms with Gasteiger partial charge in [-0.15, -0.1) is 11.3 Å². The van der Waals surface area contributed by atoms with Gasteiger partial charge in [-0.2, -0.15) is 0 Å². The van der Waals surface area contributed by atoms with Crippen molar-refractivity contribution in [2.45, 2.75) is 20.1 Å². The van der Waals surface area contributed by atoms with Crippen molar-refractivity contribution in [1.29, 1.82) is 0 Å². The Morgan fingerprint density at radius 2 is 1.68 bits per heavy atom. The van der Waals surface area contributed by atoms with Crippen molar-refractivity contribution >= 4 is 39.1 Å². The third-order valence-electron chi connectivity index (χ3n) is 5.56. The van der Waals surface area contributed by atoms with Gasteiger partial charge in [0.25, 0.3) is 5.56 Å². The Kier molecular flexibility index (Phi) is 6.47. The normalized spacial score (nSPS) is 10.9. The van der Waals surface area contributed by atoms with E-state index in [4.69, 9.17) is 4.74 Å². The van der Waals surface area contributed by atoms with E-state index in [0.717, 1.165) is 27.0 Å². The van der Waals surface area contributed by atoms with Crippen molar-refractivity contribution < 1.29 is 14.3 Å². The number of fused-ring (bicyclic) bond motifs is 1. The first-order valence-corrected chi connectivity index (χ1v) is 11.4. The fourth-order valence-corrected chi connectivity index (χ4v) is 4.51. The molecule has 0 radical (unpaired) electrons. The molecule has 0 aliphatic heterocycles. The van der Waals surface area contributed by atoms with Crippen molar-refractivity contribution in [2.24, 2.45) is 7.05 Å². The maximum absolute atomic E-state index is 13.1. The number of esters is 1. The van der Waals surface area contributed by atoms with Crippen LogP contribution in [-0.2, 0) is 29.7 Å². The molecule has 0 aliphatic rings. The van der Waals surface area contributed by atoms with Crippen molar-refractivity contribution in [3.05, 3.63) is 97.5 Å². The predicted molar refractivity (Wildman–Crippen MR) is 132 cm³/mol. The molecule has 0 spiro atoms. The molecule has 0 aliphatic carbocycles. The van der Waals surface area contributed by atoms with Gasteiger partial charge in [-0.05, 0) is 29.3 Å². The maximum Gasteiger partial charge on any atom is 0.348 e. The lowest BCUT2D eigenvalue weighted by Gasteiger charge is -2.15. The second-order valence-corrected chi connectivity index (χ2v) is 8.90. The molecular formula is C25H23N3O5S. The molecule has 4 rings (SSSR count). The van der Waals surface area contributed by atoms with E-state index in [-0.39, 0.29) is 29.3 Å². The molecule has 34 heavy (non-hydrogen) atoms. The van der Waals surface area contributed by atoms with Gasteiger partial charge in [0.15, 0.2) is 0 Å². The summed E-state index contributed by atoms with van der Waals surface area (Å²) < 4.78 is 7.88. The third-order valence-corrected chi connectivity index (χ3v) is 6.75. The van der Waals surface area contributed by atoms with Gasteiger partial charge in [-0.25, -0.2) is 9.59 Å². The number of hydrogen-bond donors (Lipinski definition) is 0. The summed E-state index contributed by atoms with van der Waals surface area (Å²) in [6, 6.07) is 17.8. The monoisotopic (exact) mass is 477 g/mol. The number of ether oxygens (including phenoxy) is 1. The van der Waals surface area contributed by atoms with Crippen LogP contribution >= 0.6 is 11.3 Å². The molecule has 0 bridgehead atoms. The van der Waals surface area contributed by atoms with Crippen molar-refractivity contribution in [3.63, 3.8) is 0 Å². The molecule has 174 valence electrons. The van der Waals surface area contributed by atoms with Crippen LogP contribution < -0.4 is 16.1 Å². The van der Waals surface area contributed by atoms with E-state index in [2.05, 4.69) is 0 Å². The smallest absolute Gasteiger partial charge is 0.348 e. The standard InChI is InChI=1S/C25H23N3O5S/c1-16(29)26(2)19-11-9-17(10-12-19)14-28-22(30)20-13-21(34-23(20)27(3)25(28)32)24(31)33-15-18-7-5-4-6-8-18/h4-13H,14-15H2,1-3H3. The van der Waals surface area contributed by atoms with E-state index < -0.39 is 17.2 Å². The van der Waals surface area contributed by atoms with E-state index in [9.17, 15) is 19.2 Å². The van der Waals surface area contributed by atoms with E-state index in [0.29, 0.717) is 10.5 Å². The number of thiophene rings is 1. The Balaban J connectivity index is 1.62. The zero-order chi connectivity index (χ0) is 24.4. The average molecular weight is 478 g/mol. The molecule has 0 fully saturated rings. The van der Waals surface area contributed by atoms with Crippen LogP contribution in [0.3, 0.4) is 0 Å². The lowest BCUT2D eigenvalue weighted by Crippen LogP contribution is -2.38. The fraction of sp³-hybridized carbons (Fsp3) is 0.200. The Bertz CT molecular complexity index is 1480. The molecule has 0 atom stereocenters. The number of aromatic nitrogens is 2. The van der Waals surface area contributed by atoms with E-state index in [1.807, 2.05) is 30.3 Å². The van der Waals surface area contributed by atoms with Crippen LogP contribution in [0.2, 0.25) is 0 Å². The number of hydrogen-bond acceptors (Lipinski definition) is 6. The Hall–Kier alpha value is -3.98. The summed E-state index contributed by atoms with van der Waals surface area (Å²) in [6.07, 6.45) is 0. The van der Waals surface area contributed by atoms with Gasteiger partial charge in [-0.1, -0.05) is 42.5 Å². The lowest BCUT2D eigenvalue weighted by molar-refractivity contribution is -0.116. The first kappa shape index (κ1) is 23.2. The summed E-state index contributed by atoms with van der Waals surface area (Å²) in [4.78, 5) is 52.3. The van der Waals surface area contributed by atoms with Crippen molar-refractivity contribution in [1.82, 2.24) is 9.13 Å². The minimum absolute atomic E-state index is 0.0646. The Morgan fingerprint density at radius 1 is 1.00 bits per heavy atom. The van der Waals surface area contributed by atoms with Crippen LogP contribution in [0.25, 0.3) is 10.2 Å². The lowest BCUT2D eigenvalue weighted by atomic mass is 10.2. The van der Waals surface area contributed by atoms with Crippen molar-refractivity contribution in [3.8, 4) is 0 Å². The van der Waals surface area contributed by atoms with E-state index in [1.165, 1.54) is 22.5 Å². The highest BCUT2D eigenvalue weighted by Crippen LogP contribution is 2.23. The molecule has 2 aromatic carbocycles. The molecule has 0 unspecified atom stereocenters. The summed E-state index contributed by atoms with van der Waals surface area (Å²) in [6.45, 7) is 1.65. The number of amides is 1. The summed E-state index contributed by atoms with van der Waals surface area (Å²) in [5.41, 5.74) is 1.35. The summed E-state index contributed by atoms with van der Waals surface area (Å²) in [5.74, 6) is -0.646. The molecule has 4 aromatic rings. The molecule has 1 amide bonds. The largest absolute Gasteiger partial charge is 0.457 e. The molecule has 0 saturated heterocycles. The van der Waals surface area contributed by atoms with Gasteiger partial charge in [0.05, 0.1) is 11.9 Å². The van der Waals surface area contributed by atoms with Gasteiger partial charge >= 0.3 is 11.7 Å². The highest BCUT2D eigenvalue weighted by atomic mass is 32.1. The van der Waals surface area contributed by atoms with E-state index in [1.54, 1.807) is 38.4 Å². The van der Waals surface area contributed by atoms with Gasteiger partial charge < -0.3 is 9.64 Å². The molecule has 9 heteroatoms. The topological polar surface area (TPSA) is 90.6 Å². The van der Waals surface area contributed by atoms with E-state index >= 15 is 0 Å². The minimum atomic E-state index is -0.548. The highest BCUT2D eigenvalue weighted by molar-refractivity contribution is 7.20. The van der Waals surface area contributed by atoms with Crippen LogP contribution in [-0.4, -0.2) is 28.1 Å². The molecule has 8 nitrogen and oxygen atoms in total. The molecule has 2 heterocycles. The molecule has 0 saturated carbocycles. The summed E-state index contributed by atoms with van der Waals surface area (Å²) in [7, 11) is 3.24. The first-order chi connectivity index (χ1) is 16.3. The molecule has 0 N–H and O–H groups in total. The second kappa shape index (κ2) is 9.48. The number of carbonyl (C=O) groups excluding carboxylic acids is 2. The van der Waals surface area contributed by atoms with Gasteiger partial charge in [0.2, 0.25) is 5.91 Å². The Morgan fingerprint density at radius 3 is 2.32 bits per heavy atom. The number of anilines is 1. The zero-order valence-electron chi connectivity index (χ0n) is 19.0.